The number of hydrogen-bond acceptors (Lipinski definition) is 4. The Bertz CT molecular complexity index is 320. The van der Waals surface area contributed by atoms with Crippen LogP contribution < -0.4 is 5.32 Å². The molecule has 0 radical (unpaired) electrons. The predicted molar refractivity (Wildman–Crippen MR) is 67.8 cm³/mol. The van der Waals surface area contributed by atoms with Crippen LogP contribution in [0.4, 0.5) is 4.79 Å². The Morgan fingerprint density at radius 1 is 1.44 bits per heavy atom. The van der Waals surface area contributed by atoms with Gasteiger partial charge in [-0.1, -0.05) is 0 Å². The van der Waals surface area contributed by atoms with Gasteiger partial charge in [-0.25, -0.2) is 9.59 Å². The van der Waals surface area contributed by atoms with Crippen molar-refractivity contribution in [2.45, 2.75) is 25.0 Å². The molecule has 2 aliphatic heterocycles. The number of nitrogens with one attached hydrogen (secondary N) is 1. The monoisotopic (exact) mass is 274 g/mol. The van der Waals surface area contributed by atoms with Gasteiger partial charge in [0.1, 0.15) is 0 Å². The number of morpholine rings is 1. The summed E-state index contributed by atoms with van der Waals surface area (Å²) < 4.78 is 5.08. The molecular formula is C11H18N2O4S. The Balaban J connectivity index is 1.82. The molecule has 18 heavy (non-hydrogen) atoms. The van der Waals surface area contributed by atoms with E-state index in [9.17, 15) is 9.59 Å². The molecule has 0 aromatic heterocycles. The Labute approximate surface area is 110 Å². The Morgan fingerprint density at radius 2 is 2.28 bits per heavy atom. The first kappa shape index (κ1) is 13.5. The summed E-state index contributed by atoms with van der Waals surface area (Å²) >= 11 is 1.85. The fourth-order valence-corrected chi connectivity index (χ4v) is 3.18. The van der Waals surface area contributed by atoms with Crippen LogP contribution in [-0.4, -0.2) is 65.4 Å². The van der Waals surface area contributed by atoms with E-state index in [2.05, 4.69) is 5.32 Å². The van der Waals surface area contributed by atoms with E-state index in [1.54, 1.807) is 0 Å². The summed E-state index contributed by atoms with van der Waals surface area (Å²) in [7, 11) is 0. The molecule has 0 aromatic carbocycles. The van der Waals surface area contributed by atoms with Crippen LogP contribution >= 0.6 is 11.8 Å². The number of aliphatic carboxylic acids is 1. The molecule has 6 nitrogen and oxygen atoms in total. The van der Waals surface area contributed by atoms with Crippen molar-refractivity contribution in [2.75, 3.05) is 31.2 Å². The summed E-state index contributed by atoms with van der Waals surface area (Å²) in [6.07, 6.45) is 1.23. The van der Waals surface area contributed by atoms with Crippen LogP contribution in [0.25, 0.3) is 0 Å². The van der Waals surface area contributed by atoms with Crippen LogP contribution in [0.15, 0.2) is 0 Å². The number of amides is 2. The third-order valence-electron chi connectivity index (χ3n) is 3.12. The first-order chi connectivity index (χ1) is 8.66. The normalized spacial score (nSPS) is 28.8. The molecule has 0 aromatic rings. The Kier molecular flexibility index (Phi) is 4.71. The smallest absolute Gasteiger partial charge is 0.334 e. The first-order valence-corrected chi connectivity index (χ1v) is 7.30. The van der Waals surface area contributed by atoms with Crippen LogP contribution in [0.5, 0.6) is 0 Å². The summed E-state index contributed by atoms with van der Waals surface area (Å²) in [6, 6.07) is 0.0411. The fraction of sp³-hybridized carbons (Fsp3) is 0.818. The van der Waals surface area contributed by atoms with E-state index in [0.717, 1.165) is 24.3 Å². The number of carbonyl (C=O) groups is 2. The minimum atomic E-state index is -1.01. The van der Waals surface area contributed by atoms with E-state index in [0.29, 0.717) is 6.54 Å². The van der Waals surface area contributed by atoms with E-state index in [-0.39, 0.29) is 25.2 Å². The van der Waals surface area contributed by atoms with Crippen LogP contribution in [0.2, 0.25) is 0 Å². The van der Waals surface area contributed by atoms with Crippen molar-refractivity contribution in [1.29, 1.82) is 0 Å². The topological polar surface area (TPSA) is 78.9 Å². The van der Waals surface area contributed by atoms with Crippen molar-refractivity contribution < 1.29 is 19.4 Å². The predicted octanol–water partition coefficient (Wildman–Crippen LogP) is 0.377. The zero-order chi connectivity index (χ0) is 13.0. The molecule has 2 heterocycles. The van der Waals surface area contributed by atoms with Crippen molar-refractivity contribution in [3.8, 4) is 0 Å². The van der Waals surface area contributed by atoms with Gasteiger partial charge < -0.3 is 20.1 Å². The molecule has 0 aliphatic carbocycles. The number of thioether (sulfide) groups is 1. The molecule has 2 fully saturated rings. The van der Waals surface area contributed by atoms with E-state index in [1.165, 1.54) is 4.90 Å². The average Bonchev–Trinajstić information content (AvgIpc) is 2.40. The molecule has 2 rings (SSSR count). The molecular weight excluding hydrogens is 256 g/mol. The molecule has 2 N–H and O–H groups in total. The number of hydrogen-bond donors (Lipinski definition) is 2. The van der Waals surface area contributed by atoms with Gasteiger partial charge in [-0.3, -0.25) is 0 Å². The number of carboxylic acid groups (broad SMARTS) is 1. The maximum atomic E-state index is 12.0. The van der Waals surface area contributed by atoms with Crippen molar-refractivity contribution in [3.63, 3.8) is 0 Å². The zero-order valence-electron chi connectivity index (χ0n) is 10.1. The lowest BCUT2D eigenvalue weighted by molar-refractivity contribution is -0.154. The van der Waals surface area contributed by atoms with Crippen molar-refractivity contribution >= 4 is 23.8 Å². The van der Waals surface area contributed by atoms with Gasteiger partial charge in [-0.15, -0.1) is 0 Å². The molecule has 102 valence electrons. The standard InChI is InChI=1S/C11H18N2O4S/c14-10(15)9-6-13(3-4-17-9)11(16)12-8-2-1-5-18-7-8/h8-9H,1-7H2,(H,12,16)(H,14,15). The van der Waals surface area contributed by atoms with Crippen LogP contribution in [0.1, 0.15) is 12.8 Å². The highest BCUT2D eigenvalue weighted by Gasteiger charge is 2.29. The lowest BCUT2D eigenvalue weighted by Gasteiger charge is -2.33. The van der Waals surface area contributed by atoms with Gasteiger partial charge >= 0.3 is 12.0 Å². The van der Waals surface area contributed by atoms with Gasteiger partial charge in [0.15, 0.2) is 6.10 Å². The highest BCUT2D eigenvalue weighted by Crippen LogP contribution is 2.17. The summed E-state index contributed by atoms with van der Waals surface area (Å²) in [5.41, 5.74) is 0. The van der Waals surface area contributed by atoms with Crippen molar-refractivity contribution in [1.82, 2.24) is 10.2 Å². The molecule has 2 amide bonds. The summed E-state index contributed by atoms with van der Waals surface area (Å²) in [6.45, 7) is 0.861. The number of urea groups is 1. The molecule has 2 unspecified atom stereocenters. The van der Waals surface area contributed by atoms with E-state index in [1.807, 2.05) is 11.8 Å². The minimum absolute atomic E-state index is 0.126. The minimum Gasteiger partial charge on any atom is -0.479 e. The Morgan fingerprint density at radius 3 is 2.94 bits per heavy atom. The van der Waals surface area contributed by atoms with Gasteiger partial charge in [-0.2, -0.15) is 11.8 Å². The summed E-state index contributed by atoms with van der Waals surface area (Å²) in [5, 5.41) is 11.8. The van der Waals surface area contributed by atoms with Gasteiger partial charge in [0.2, 0.25) is 0 Å². The SMILES string of the molecule is O=C(O)C1CN(C(=O)NC2CCCSC2)CCO1. The van der Waals surface area contributed by atoms with Gasteiger partial charge in [0, 0.05) is 18.3 Å². The number of nitrogens with zero attached hydrogens (tertiary/aromatic N) is 1. The van der Waals surface area contributed by atoms with Gasteiger partial charge in [0.05, 0.1) is 13.2 Å². The maximum absolute atomic E-state index is 12.0. The third kappa shape index (κ3) is 3.52. The molecule has 2 saturated heterocycles. The maximum Gasteiger partial charge on any atom is 0.334 e. The largest absolute Gasteiger partial charge is 0.479 e. The molecule has 0 bridgehead atoms. The summed E-state index contributed by atoms with van der Waals surface area (Å²) in [4.78, 5) is 24.3. The molecule has 0 saturated carbocycles. The third-order valence-corrected chi connectivity index (χ3v) is 4.33. The fourth-order valence-electron chi connectivity index (χ4n) is 2.10. The van der Waals surface area contributed by atoms with E-state index in [4.69, 9.17) is 9.84 Å². The quantitative estimate of drug-likeness (QED) is 0.761. The average molecular weight is 274 g/mol. The second-order valence-electron chi connectivity index (χ2n) is 4.51. The van der Waals surface area contributed by atoms with Crippen molar-refractivity contribution in [2.24, 2.45) is 0 Å². The highest BCUT2D eigenvalue weighted by atomic mass is 32.2. The van der Waals surface area contributed by atoms with Crippen LogP contribution in [-0.2, 0) is 9.53 Å². The zero-order valence-corrected chi connectivity index (χ0v) is 10.9. The molecule has 7 heteroatoms. The number of ether oxygens (including phenoxy) is 1. The molecule has 2 atom stereocenters. The summed E-state index contributed by atoms with van der Waals surface area (Å²) in [5.74, 6) is 1.09. The van der Waals surface area contributed by atoms with Gasteiger partial charge in [-0.05, 0) is 18.6 Å². The first-order valence-electron chi connectivity index (χ1n) is 6.14. The Hall–Kier alpha value is -0.950. The van der Waals surface area contributed by atoms with Crippen LogP contribution in [0.3, 0.4) is 0 Å². The lowest BCUT2D eigenvalue weighted by atomic mass is 10.2. The molecule has 2 aliphatic rings. The lowest BCUT2D eigenvalue weighted by Crippen LogP contribution is -2.54. The second-order valence-corrected chi connectivity index (χ2v) is 5.66. The van der Waals surface area contributed by atoms with Gasteiger partial charge in [0.25, 0.3) is 0 Å². The second kappa shape index (κ2) is 6.29. The van der Waals surface area contributed by atoms with Crippen LogP contribution in [0, 0.1) is 0 Å². The number of carbonyl (C=O) groups excluding carboxylic acids is 1. The molecule has 0 spiro atoms. The van der Waals surface area contributed by atoms with Crippen molar-refractivity contribution in [3.05, 3.63) is 0 Å². The highest BCUT2D eigenvalue weighted by molar-refractivity contribution is 7.99. The van der Waals surface area contributed by atoms with E-state index < -0.39 is 12.1 Å². The number of rotatable bonds is 2. The van der Waals surface area contributed by atoms with E-state index >= 15 is 0 Å². The number of carboxylic acids is 1.